The highest BCUT2D eigenvalue weighted by atomic mass is 19.1. The molecule has 1 aromatic carbocycles. The first-order chi connectivity index (χ1) is 9.20. The highest BCUT2D eigenvalue weighted by Crippen LogP contribution is 2.15. The number of rotatable bonds is 2. The van der Waals surface area contributed by atoms with Gasteiger partial charge in [0.25, 0.3) is 0 Å². The largest absolute Gasteiger partial charge is 0.384 e. The van der Waals surface area contributed by atoms with Crippen molar-refractivity contribution >= 4 is 0 Å². The fourth-order valence-corrected chi connectivity index (χ4v) is 2.13. The molecule has 1 aliphatic heterocycles. The molecular weight excluding hydrogens is 245 g/mol. The van der Waals surface area contributed by atoms with Crippen LogP contribution in [0.1, 0.15) is 18.1 Å². The summed E-state index contributed by atoms with van der Waals surface area (Å²) in [5.41, 5.74) is 1.37. The maximum Gasteiger partial charge on any atom is 0.138 e. The van der Waals surface area contributed by atoms with Gasteiger partial charge in [-0.15, -0.1) is 0 Å². The van der Waals surface area contributed by atoms with E-state index in [0.717, 1.165) is 31.9 Å². The molecule has 1 heterocycles. The first-order valence-corrected chi connectivity index (χ1v) is 6.40. The fourth-order valence-electron chi connectivity index (χ4n) is 2.13. The van der Waals surface area contributed by atoms with Gasteiger partial charge in [0.1, 0.15) is 12.4 Å². The summed E-state index contributed by atoms with van der Waals surface area (Å²) in [6.07, 6.45) is 0. The summed E-state index contributed by atoms with van der Waals surface area (Å²) in [5, 5.41) is 8.67. The first kappa shape index (κ1) is 14.0. The monoisotopic (exact) mass is 263 g/mol. The Morgan fingerprint density at radius 1 is 1.53 bits per heavy atom. The van der Waals surface area contributed by atoms with Gasteiger partial charge in [-0.2, -0.15) is 0 Å². The number of morpholine rings is 1. The third-order valence-electron chi connectivity index (χ3n) is 3.22. The molecule has 0 aliphatic carbocycles. The Bertz CT molecular complexity index is 493. The van der Waals surface area contributed by atoms with Crippen LogP contribution in [0.5, 0.6) is 0 Å². The third kappa shape index (κ3) is 3.77. The van der Waals surface area contributed by atoms with Crippen LogP contribution in [-0.4, -0.2) is 42.4 Å². The molecule has 0 spiro atoms. The molecule has 0 aromatic heterocycles. The molecule has 0 bridgehead atoms. The zero-order valence-corrected chi connectivity index (χ0v) is 11.0. The molecule has 1 saturated heterocycles. The summed E-state index contributed by atoms with van der Waals surface area (Å²) in [6.45, 7) is 4.98. The van der Waals surface area contributed by atoms with E-state index in [4.69, 9.17) is 9.84 Å². The van der Waals surface area contributed by atoms with Crippen LogP contribution in [0, 0.1) is 17.7 Å². The van der Waals surface area contributed by atoms with Gasteiger partial charge in [0.2, 0.25) is 0 Å². The van der Waals surface area contributed by atoms with Crippen molar-refractivity contribution in [3.05, 3.63) is 35.1 Å². The molecule has 1 aromatic rings. The van der Waals surface area contributed by atoms with Crippen LogP contribution in [0.25, 0.3) is 0 Å². The van der Waals surface area contributed by atoms with Crippen molar-refractivity contribution in [1.29, 1.82) is 0 Å². The number of benzene rings is 1. The van der Waals surface area contributed by atoms with Crippen molar-refractivity contribution in [2.75, 3.05) is 26.4 Å². The first-order valence-electron chi connectivity index (χ1n) is 6.40. The van der Waals surface area contributed by atoms with Gasteiger partial charge in [-0.1, -0.05) is 17.9 Å². The second kappa shape index (κ2) is 6.67. The lowest BCUT2D eigenvalue weighted by Gasteiger charge is -2.33. The lowest BCUT2D eigenvalue weighted by molar-refractivity contribution is -0.00437. The predicted molar refractivity (Wildman–Crippen MR) is 71.1 cm³/mol. The minimum Gasteiger partial charge on any atom is -0.384 e. The Kier molecular flexibility index (Phi) is 4.92. The molecule has 1 aliphatic rings. The van der Waals surface area contributed by atoms with E-state index in [1.54, 1.807) is 12.1 Å². The van der Waals surface area contributed by atoms with E-state index in [1.807, 2.05) is 0 Å². The van der Waals surface area contributed by atoms with Gasteiger partial charge in [-0.3, -0.25) is 4.90 Å². The Balaban J connectivity index is 2.12. The molecule has 4 heteroatoms. The van der Waals surface area contributed by atoms with Crippen LogP contribution in [0.2, 0.25) is 0 Å². The summed E-state index contributed by atoms with van der Waals surface area (Å²) < 4.78 is 18.9. The van der Waals surface area contributed by atoms with Crippen LogP contribution in [0.3, 0.4) is 0 Å². The molecule has 19 heavy (non-hydrogen) atoms. The lowest BCUT2D eigenvalue weighted by Crippen LogP contribution is -2.42. The molecule has 0 saturated carbocycles. The molecular formula is C15H18FNO2. The molecule has 0 amide bonds. The van der Waals surface area contributed by atoms with Crippen LogP contribution in [-0.2, 0) is 11.3 Å². The number of hydrogen-bond acceptors (Lipinski definition) is 3. The van der Waals surface area contributed by atoms with E-state index in [1.165, 1.54) is 6.07 Å². The van der Waals surface area contributed by atoms with E-state index >= 15 is 0 Å². The quantitative estimate of drug-likeness (QED) is 0.819. The van der Waals surface area contributed by atoms with E-state index in [2.05, 4.69) is 23.7 Å². The predicted octanol–water partition coefficient (Wildman–Crippen LogP) is 1.39. The minimum absolute atomic E-state index is 0.260. The number of aliphatic hydroxyl groups excluding tert-OH is 1. The van der Waals surface area contributed by atoms with Crippen LogP contribution in [0.4, 0.5) is 4.39 Å². The number of nitrogens with zero attached hydrogens (tertiary/aromatic N) is 1. The van der Waals surface area contributed by atoms with Crippen LogP contribution < -0.4 is 0 Å². The zero-order chi connectivity index (χ0) is 13.7. The third-order valence-corrected chi connectivity index (χ3v) is 3.22. The topological polar surface area (TPSA) is 32.7 Å². The smallest absolute Gasteiger partial charge is 0.138 e. The van der Waals surface area contributed by atoms with Crippen LogP contribution >= 0.6 is 0 Å². The summed E-state index contributed by atoms with van der Waals surface area (Å²) in [6, 6.07) is 5.33. The van der Waals surface area contributed by atoms with Crippen LogP contribution in [0.15, 0.2) is 18.2 Å². The number of halogens is 1. The molecule has 0 radical (unpaired) electrons. The van der Waals surface area contributed by atoms with Gasteiger partial charge in [-0.05, 0) is 24.6 Å². The second-order valence-electron chi connectivity index (χ2n) is 4.67. The normalized spacial score (nSPS) is 19.8. The maximum atomic E-state index is 13.5. The summed E-state index contributed by atoms with van der Waals surface area (Å²) in [7, 11) is 0. The summed E-state index contributed by atoms with van der Waals surface area (Å²) in [4.78, 5) is 2.31. The average Bonchev–Trinajstić information content (AvgIpc) is 2.42. The van der Waals surface area contributed by atoms with Gasteiger partial charge in [0.05, 0.1) is 18.8 Å². The number of aliphatic hydroxyl groups is 1. The van der Waals surface area contributed by atoms with Crippen molar-refractivity contribution in [2.45, 2.75) is 19.5 Å². The van der Waals surface area contributed by atoms with Crippen molar-refractivity contribution < 1.29 is 14.2 Å². The molecule has 1 atom stereocenters. The molecule has 3 nitrogen and oxygen atoms in total. The fraction of sp³-hybridized carbons (Fsp3) is 0.467. The average molecular weight is 263 g/mol. The Hall–Kier alpha value is -1.41. The number of hydrogen-bond donors (Lipinski definition) is 1. The highest BCUT2D eigenvalue weighted by molar-refractivity contribution is 5.38. The Morgan fingerprint density at radius 3 is 3.11 bits per heavy atom. The standard InChI is InChI=1S/C15H18FNO2/c1-12-11-19-8-6-17(12)10-13-4-5-15(16)14(9-13)3-2-7-18/h4-5,9,12,18H,6-8,10-11H2,1H3. The lowest BCUT2D eigenvalue weighted by atomic mass is 10.1. The molecule has 1 fully saturated rings. The maximum absolute atomic E-state index is 13.5. The van der Waals surface area contributed by atoms with E-state index in [0.29, 0.717) is 11.6 Å². The van der Waals surface area contributed by atoms with E-state index in [-0.39, 0.29) is 12.4 Å². The van der Waals surface area contributed by atoms with Crippen molar-refractivity contribution in [2.24, 2.45) is 0 Å². The van der Waals surface area contributed by atoms with Gasteiger partial charge in [0.15, 0.2) is 0 Å². The molecule has 1 N–H and O–H groups in total. The van der Waals surface area contributed by atoms with E-state index < -0.39 is 0 Å². The molecule has 1 unspecified atom stereocenters. The highest BCUT2D eigenvalue weighted by Gasteiger charge is 2.18. The van der Waals surface area contributed by atoms with E-state index in [9.17, 15) is 4.39 Å². The van der Waals surface area contributed by atoms with Crippen molar-refractivity contribution in [1.82, 2.24) is 4.90 Å². The molecule has 102 valence electrons. The van der Waals surface area contributed by atoms with Gasteiger partial charge in [-0.25, -0.2) is 4.39 Å². The number of ether oxygens (including phenoxy) is 1. The Labute approximate surface area is 113 Å². The van der Waals surface area contributed by atoms with Gasteiger partial charge in [0, 0.05) is 19.1 Å². The Morgan fingerprint density at radius 2 is 2.37 bits per heavy atom. The van der Waals surface area contributed by atoms with Gasteiger partial charge < -0.3 is 9.84 Å². The van der Waals surface area contributed by atoms with Crippen molar-refractivity contribution in [3.8, 4) is 11.8 Å². The SMILES string of the molecule is CC1COCCN1Cc1ccc(F)c(C#CCO)c1. The minimum atomic E-state index is -0.347. The molecule has 2 rings (SSSR count). The van der Waals surface area contributed by atoms with Gasteiger partial charge >= 0.3 is 0 Å². The zero-order valence-electron chi connectivity index (χ0n) is 11.0. The summed E-state index contributed by atoms with van der Waals surface area (Å²) in [5.74, 6) is 4.76. The second-order valence-corrected chi connectivity index (χ2v) is 4.67. The van der Waals surface area contributed by atoms with Crippen molar-refractivity contribution in [3.63, 3.8) is 0 Å². The summed E-state index contributed by atoms with van der Waals surface area (Å²) >= 11 is 0.